The molecule has 1 aromatic carbocycles. The zero-order valence-corrected chi connectivity index (χ0v) is 8.81. The van der Waals surface area contributed by atoms with Gasteiger partial charge in [0, 0.05) is 11.0 Å². The summed E-state index contributed by atoms with van der Waals surface area (Å²) in [6, 6.07) is 3.61. The summed E-state index contributed by atoms with van der Waals surface area (Å²) >= 11 is 1.53. The van der Waals surface area contributed by atoms with E-state index in [2.05, 4.69) is 0 Å². The molecule has 0 aromatic heterocycles. The van der Waals surface area contributed by atoms with E-state index < -0.39 is 0 Å². The maximum absolute atomic E-state index is 11.5. The lowest BCUT2D eigenvalue weighted by molar-refractivity contribution is 0.102. The third-order valence-corrected chi connectivity index (χ3v) is 3.17. The first kappa shape index (κ1) is 9.40. The Morgan fingerprint density at radius 2 is 2.07 bits per heavy atom. The van der Waals surface area contributed by atoms with Crippen molar-refractivity contribution in [2.24, 2.45) is 0 Å². The molecule has 0 amide bonds. The van der Waals surface area contributed by atoms with Crippen LogP contribution in [0.4, 0.5) is 0 Å². The van der Waals surface area contributed by atoms with Crippen molar-refractivity contribution in [1.29, 1.82) is 0 Å². The topological polar surface area (TPSA) is 35.5 Å². The average molecular weight is 210 g/mol. The summed E-state index contributed by atoms with van der Waals surface area (Å²) in [5, 5.41) is 0. The highest BCUT2D eigenvalue weighted by Crippen LogP contribution is 2.40. The fourth-order valence-electron chi connectivity index (χ4n) is 1.45. The molecule has 0 saturated carbocycles. The molecule has 0 radical (unpaired) electrons. The molecular formula is C10H10O3S. The smallest absolute Gasteiger partial charge is 0.177 e. The van der Waals surface area contributed by atoms with Crippen LogP contribution in [-0.2, 0) is 0 Å². The molecule has 0 N–H and O–H groups in total. The zero-order valence-electron chi connectivity index (χ0n) is 7.99. The van der Waals surface area contributed by atoms with Crippen molar-refractivity contribution in [2.75, 3.05) is 20.0 Å². The third-order valence-electron chi connectivity index (χ3n) is 2.13. The Balaban J connectivity index is 2.58. The number of thioether (sulfide) groups is 1. The van der Waals surface area contributed by atoms with Gasteiger partial charge < -0.3 is 9.47 Å². The molecule has 0 atom stereocenters. The van der Waals surface area contributed by atoms with Gasteiger partial charge in [0.05, 0.1) is 25.5 Å². The summed E-state index contributed by atoms with van der Waals surface area (Å²) < 4.78 is 10.3. The normalized spacial score (nSPS) is 14.0. The summed E-state index contributed by atoms with van der Waals surface area (Å²) in [6.07, 6.45) is 0. The fraction of sp³-hybridized carbons (Fsp3) is 0.300. The van der Waals surface area contributed by atoms with E-state index in [1.165, 1.54) is 11.8 Å². The minimum atomic E-state index is 0.129. The maximum Gasteiger partial charge on any atom is 0.177 e. The van der Waals surface area contributed by atoms with Crippen molar-refractivity contribution in [3.8, 4) is 11.5 Å². The van der Waals surface area contributed by atoms with Crippen LogP contribution in [0.2, 0.25) is 0 Å². The summed E-state index contributed by atoms with van der Waals surface area (Å²) in [5.74, 6) is 1.96. The Morgan fingerprint density at radius 1 is 1.29 bits per heavy atom. The zero-order chi connectivity index (χ0) is 10.1. The molecule has 2 rings (SSSR count). The van der Waals surface area contributed by atoms with Crippen LogP contribution in [0.3, 0.4) is 0 Å². The highest BCUT2D eigenvalue weighted by Gasteiger charge is 2.25. The van der Waals surface area contributed by atoms with E-state index in [0.29, 0.717) is 17.1 Å². The van der Waals surface area contributed by atoms with E-state index in [1.807, 2.05) is 6.07 Å². The monoisotopic (exact) mass is 210 g/mol. The van der Waals surface area contributed by atoms with Gasteiger partial charge in [0.15, 0.2) is 5.78 Å². The van der Waals surface area contributed by atoms with Gasteiger partial charge in [0.1, 0.15) is 11.5 Å². The van der Waals surface area contributed by atoms with Crippen LogP contribution >= 0.6 is 11.8 Å². The number of hydrogen-bond donors (Lipinski definition) is 0. The fourth-order valence-corrected chi connectivity index (χ4v) is 2.44. The molecule has 1 heterocycles. The first-order valence-corrected chi connectivity index (χ1v) is 5.17. The van der Waals surface area contributed by atoms with Gasteiger partial charge >= 0.3 is 0 Å². The first-order chi connectivity index (χ1) is 6.76. The maximum atomic E-state index is 11.5. The number of carbonyl (C=O) groups is 1. The van der Waals surface area contributed by atoms with Crippen LogP contribution in [0.5, 0.6) is 11.5 Å². The van der Waals surface area contributed by atoms with Gasteiger partial charge in [-0.15, -0.1) is 11.8 Å². The number of ketones is 1. The Labute approximate surface area is 86.4 Å². The molecule has 0 spiro atoms. The standard InChI is InChI=1S/C10H10O3S/c1-12-6-3-8(13-2)10-7(11)5-14-9(10)4-6/h3-4H,5H2,1-2H3. The second kappa shape index (κ2) is 3.53. The highest BCUT2D eigenvalue weighted by molar-refractivity contribution is 8.00. The second-order valence-electron chi connectivity index (χ2n) is 2.91. The third kappa shape index (κ3) is 1.35. The Bertz CT molecular complexity index is 387. The molecule has 1 aliphatic rings. The van der Waals surface area contributed by atoms with Crippen LogP contribution in [-0.4, -0.2) is 25.8 Å². The highest BCUT2D eigenvalue weighted by atomic mass is 32.2. The van der Waals surface area contributed by atoms with Crippen molar-refractivity contribution in [3.05, 3.63) is 17.7 Å². The molecule has 1 aliphatic heterocycles. The summed E-state index contributed by atoms with van der Waals surface area (Å²) in [5.41, 5.74) is 0.693. The second-order valence-corrected chi connectivity index (χ2v) is 3.93. The summed E-state index contributed by atoms with van der Waals surface area (Å²) in [4.78, 5) is 12.5. The van der Waals surface area contributed by atoms with Crippen molar-refractivity contribution >= 4 is 17.5 Å². The van der Waals surface area contributed by atoms with Gasteiger partial charge in [-0.25, -0.2) is 0 Å². The molecule has 1 aromatic rings. The number of carbonyl (C=O) groups excluding carboxylic acids is 1. The molecule has 0 saturated heterocycles. The molecular weight excluding hydrogens is 200 g/mol. The van der Waals surface area contributed by atoms with Crippen LogP contribution in [0.25, 0.3) is 0 Å². The SMILES string of the molecule is COc1cc(OC)c2c(c1)SCC2=O. The molecule has 3 nitrogen and oxygen atoms in total. The largest absolute Gasteiger partial charge is 0.497 e. The van der Waals surface area contributed by atoms with Crippen molar-refractivity contribution in [2.45, 2.75) is 4.90 Å². The molecule has 0 aliphatic carbocycles. The lowest BCUT2D eigenvalue weighted by atomic mass is 10.1. The molecule has 0 unspecified atom stereocenters. The first-order valence-electron chi connectivity index (χ1n) is 4.18. The Kier molecular flexibility index (Phi) is 2.37. The van der Waals surface area contributed by atoms with E-state index >= 15 is 0 Å². The molecule has 0 fully saturated rings. The number of benzene rings is 1. The van der Waals surface area contributed by atoms with Gasteiger partial charge in [-0.1, -0.05) is 0 Å². The van der Waals surface area contributed by atoms with Crippen molar-refractivity contribution < 1.29 is 14.3 Å². The molecule has 0 bridgehead atoms. The number of rotatable bonds is 2. The number of methoxy groups -OCH3 is 2. The van der Waals surface area contributed by atoms with Gasteiger partial charge in [-0.05, 0) is 6.07 Å². The minimum Gasteiger partial charge on any atom is -0.497 e. The molecule has 74 valence electrons. The lowest BCUT2D eigenvalue weighted by Crippen LogP contribution is -1.99. The van der Waals surface area contributed by atoms with Crippen molar-refractivity contribution in [1.82, 2.24) is 0 Å². The van der Waals surface area contributed by atoms with Crippen molar-refractivity contribution in [3.63, 3.8) is 0 Å². The van der Waals surface area contributed by atoms with Crippen LogP contribution < -0.4 is 9.47 Å². The van der Waals surface area contributed by atoms with E-state index in [0.717, 1.165) is 10.6 Å². The Hall–Kier alpha value is -1.16. The number of Topliss-reactive ketones (excluding diaryl/α,β-unsaturated/α-hetero) is 1. The number of fused-ring (bicyclic) bond motifs is 1. The van der Waals surface area contributed by atoms with Gasteiger partial charge in [0.2, 0.25) is 0 Å². The number of hydrogen-bond acceptors (Lipinski definition) is 4. The van der Waals surface area contributed by atoms with Gasteiger partial charge in [0.25, 0.3) is 0 Å². The number of ether oxygens (including phenoxy) is 2. The van der Waals surface area contributed by atoms with Crippen LogP contribution in [0.1, 0.15) is 10.4 Å². The average Bonchev–Trinajstić information content (AvgIpc) is 2.59. The predicted molar refractivity (Wildman–Crippen MR) is 54.6 cm³/mol. The minimum absolute atomic E-state index is 0.129. The van der Waals surface area contributed by atoms with Crippen LogP contribution in [0, 0.1) is 0 Å². The Morgan fingerprint density at radius 3 is 2.71 bits per heavy atom. The summed E-state index contributed by atoms with van der Waals surface area (Å²) in [6.45, 7) is 0. The van der Waals surface area contributed by atoms with Gasteiger partial charge in [-0.3, -0.25) is 4.79 Å². The van der Waals surface area contributed by atoms with Gasteiger partial charge in [-0.2, -0.15) is 0 Å². The van der Waals surface area contributed by atoms with E-state index in [1.54, 1.807) is 20.3 Å². The summed E-state index contributed by atoms with van der Waals surface area (Å²) in [7, 11) is 3.16. The molecule has 14 heavy (non-hydrogen) atoms. The quantitative estimate of drug-likeness (QED) is 0.747. The van der Waals surface area contributed by atoms with E-state index in [4.69, 9.17) is 9.47 Å². The van der Waals surface area contributed by atoms with E-state index in [9.17, 15) is 4.79 Å². The lowest BCUT2D eigenvalue weighted by Gasteiger charge is -2.08. The predicted octanol–water partition coefficient (Wildman–Crippen LogP) is 1.99. The van der Waals surface area contributed by atoms with Crippen LogP contribution in [0.15, 0.2) is 17.0 Å². The molecule has 4 heteroatoms. The van der Waals surface area contributed by atoms with E-state index in [-0.39, 0.29) is 5.78 Å².